The van der Waals surface area contributed by atoms with Crippen molar-refractivity contribution in [2.45, 2.75) is 13.8 Å². The third-order valence-electron chi connectivity index (χ3n) is 3.42. The van der Waals surface area contributed by atoms with Crippen LogP contribution >= 0.6 is 0 Å². The highest BCUT2D eigenvalue weighted by Crippen LogP contribution is 2.32. The number of rotatable bonds is 2. The number of carbonyl (C=O) groups excluding carboxylic acids is 1. The molecule has 0 saturated carbocycles. The van der Waals surface area contributed by atoms with Crippen molar-refractivity contribution in [1.82, 2.24) is 4.90 Å². The van der Waals surface area contributed by atoms with Crippen LogP contribution in [0, 0.1) is 17.8 Å². The molecule has 2 rings (SSSR count). The summed E-state index contributed by atoms with van der Waals surface area (Å²) >= 11 is 0. The standard InChI is InChI=1S/C13H19NO/c1-10-7-14(8-11(2)15)9-12-5-3-4-6-13(10)12/h3-6,10,12-13H,7-9H2,1-2H3. The highest BCUT2D eigenvalue weighted by molar-refractivity contribution is 5.77. The fourth-order valence-corrected chi connectivity index (χ4v) is 2.81. The first-order valence-electron chi connectivity index (χ1n) is 5.73. The minimum atomic E-state index is 0.274. The first kappa shape index (κ1) is 10.6. The SMILES string of the molecule is CC(=O)CN1CC(C)C2C=CC=CC2C1. The molecule has 2 heteroatoms. The van der Waals surface area contributed by atoms with E-state index in [1.807, 2.05) is 0 Å². The number of allylic oxidation sites excluding steroid dienone is 3. The lowest BCUT2D eigenvalue weighted by Gasteiger charge is -2.41. The third kappa shape index (κ3) is 2.37. The van der Waals surface area contributed by atoms with Crippen LogP contribution in [0.3, 0.4) is 0 Å². The molecule has 0 bridgehead atoms. The number of fused-ring (bicyclic) bond motifs is 1. The largest absolute Gasteiger partial charge is 0.299 e. The molecule has 1 fully saturated rings. The molecule has 0 aromatic heterocycles. The van der Waals surface area contributed by atoms with Crippen LogP contribution in [0.1, 0.15) is 13.8 Å². The summed E-state index contributed by atoms with van der Waals surface area (Å²) in [6.07, 6.45) is 8.89. The van der Waals surface area contributed by atoms with Crippen LogP contribution < -0.4 is 0 Å². The number of ketones is 1. The number of carbonyl (C=O) groups is 1. The fraction of sp³-hybridized carbons (Fsp3) is 0.615. The van der Waals surface area contributed by atoms with Gasteiger partial charge in [-0.05, 0) is 24.7 Å². The maximum absolute atomic E-state index is 11.1. The van der Waals surface area contributed by atoms with Crippen molar-refractivity contribution in [3.63, 3.8) is 0 Å². The van der Waals surface area contributed by atoms with E-state index in [4.69, 9.17) is 0 Å². The molecule has 1 aliphatic heterocycles. The number of Topliss-reactive ketones (excluding diaryl/α,β-unsaturated/α-hetero) is 1. The van der Waals surface area contributed by atoms with Gasteiger partial charge in [0.1, 0.15) is 5.78 Å². The number of likely N-dealkylation sites (tertiary alicyclic amines) is 1. The molecule has 0 N–H and O–H groups in total. The maximum Gasteiger partial charge on any atom is 0.143 e. The van der Waals surface area contributed by atoms with Crippen LogP contribution in [0.2, 0.25) is 0 Å². The Balaban J connectivity index is 2.03. The molecule has 0 radical (unpaired) electrons. The summed E-state index contributed by atoms with van der Waals surface area (Å²) in [6, 6.07) is 0. The van der Waals surface area contributed by atoms with Crippen LogP contribution in [0.4, 0.5) is 0 Å². The molecule has 1 heterocycles. The van der Waals surface area contributed by atoms with E-state index in [-0.39, 0.29) is 5.78 Å². The number of piperidine rings is 1. The quantitative estimate of drug-likeness (QED) is 0.686. The third-order valence-corrected chi connectivity index (χ3v) is 3.42. The van der Waals surface area contributed by atoms with Gasteiger partial charge in [0.15, 0.2) is 0 Å². The lowest BCUT2D eigenvalue weighted by molar-refractivity contribution is -0.118. The highest BCUT2D eigenvalue weighted by Gasteiger charge is 2.32. The van der Waals surface area contributed by atoms with Gasteiger partial charge in [-0.3, -0.25) is 9.69 Å². The van der Waals surface area contributed by atoms with Gasteiger partial charge < -0.3 is 0 Å². The molecule has 2 aliphatic rings. The lowest BCUT2D eigenvalue weighted by atomic mass is 9.76. The van der Waals surface area contributed by atoms with E-state index in [0.717, 1.165) is 13.1 Å². The van der Waals surface area contributed by atoms with E-state index < -0.39 is 0 Å². The van der Waals surface area contributed by atoms with Crippen LogP contribution in [-0.2, 0) is 4.79 Å². The molecular weight excluding hydrogens is 186 g/mol. The van der Waals surface area contributed by atoms with Crippen molar-refractivity contribution in [3.8, 4) is 0 Å². The van der Waals surface area contributed by atoms with Crippen LogP contribution in [0.5, 0.6) is 0 Å². The molecule has 1 saturated heterocycles. The van der Waals surface area contributed by atoms with E-state index in [2.05, 4.69) is 36.1 Å². The second-order valence-electron chi connectivity index (χ2n) is 4.88. The fourth-order valence-electron chi connectivity index (χ4n) is 2.81. The van der Waals surface area contributed by atoms with Crippen molar-refractivity contribution >= 4 is 5.78 Å². The molecule has 82 valence electrons. The van der Waals surface area contributed by atoms with Crippen molar-refractivity contribution < 1.29 is 4.79 Å². The Morgan fingerprint density at radius 2 is 2.07 bits per heavy atom. The van der Waals surface area contributed by atoms with Gasteiger partial charge in [0.2, 0.25) is 0 Å². The topological polar surface area (TPSA) is 20.3 Å². The van der Waals surface area contributed by atoms with E-state index >= 15 is 0 Å². The highest BCUT2D eigenvalue weighted by atomic mass is 16.1. The van der Waals surface area contributed by atoms with Crippen LogP contribution in [0.25, 0.3) is 0 Å². The van der Waals surface area contributed by atoms with Gasteiger partial charge in [-0.1, -0.05) is 31.2 Å². The first-order valence-corrected chi connectivity index (χ1v) is 5.73. The monoisotopic (exact) mass is 205 g/mol. The summed E-state index contributed by atoms with van der Waals surface area (Å²) in [7, 11) is 0. The Kier molecular flexibility index (Phi) is 3.06. The summed E-state index contributed by atoms with van der Waals surface area (Å²) in [5.74, 6) is 2.22. The molecule has 0 aromatic rings. The predicted molar refractivity (Wildman–Crippen MR) is 61.5 cm³/mol. The molecule has 15 heavy (non-hydrogen) atoms. The molecular formula is C13H19NO. The van der Waals surface area contributed by atoms with Crippen molar-refractivity contribution in [3.05, 3.63) is 24.3 Å². The Morgan fingerprint density at radius 1 is 1.33 bits per heavy atom. The Bertz CT molecular complexity index is 306. The zero-order chi connectivity index (χ0) is 10.8. The lowest BCUT2D eigenvalue weighted by Crippen LogP contribution is -2.46. The maximum atomic E-state index is 11.1. The average molecular weight is 205 g/mol. The van der Waals surface area contributed by atoms with Crippen LogP contribution in [0.15, 0.2) is 24.3 Å². The summed E-state index contributed by atoms with van der Waals surface area (Å²) < 4.78 is 0. The molecule has 0 aromatic carbocycles. The van der Waals surface area contributed by atoms with Crippen molar-refractivity contribution in [2.24, 2.45) is 17.8 Å². The minimum Gasteiger partial charge on any atom is -0.299 e. The second kappa shape index (κ2) is 4.31. The van der Waals surface area contributed by atoms with Gasteiger partial charge in [-0.25, -0.2) is 0 Å². The zero-order valence-electron chi connectivity index (χ0n) is 9.52. The molecule has 0 amide bonds. The van der Waals surface area contributed by atoms with Gasteiger partial charge in [0.25, 0.3) is 0 Å². The Labute approximate surface area is 91.6 Å². The normalized spacial score (nSPS) is 35.2. The number of nitrogens with zero attached hydrogens (tertiary/aromatic N) is 1. The van der Waals surface area contributed by atoms with Gasteiger partial charge in [-0.2, -0.15) is 0 Å². The molecule has 3 unspecified atom stereocenters. The number of hydrogen-bond acceptors (Lipinski definition) is 2. The van der Waals surface area contributed by atoms with E-state index in [1.165, 1.54) is 0 Å². The Hall–Kier alpha value is -0.890. The van der Waals surface area contributed by atoms with Crippen molar-refractivity contribution in [2.75, 3.05) is 19.6 Å². The van der Waals surface area contributed by atoms with Gasteiger partial charge in [0, 0.05) is 13.1 Å². The van der Waals surface area contributed by atoms with E-state index in [0.29, 0.717) is 24.3 Å². The summed E-state index contributed by atoms with van der Waals surface area (Å²) in [4.78, 5) is 13.4. The zero-order valence-corrected chi connectivity index (χ0v) is 9.52. The van der Waals surface area contributed by atoms with Gasteiger partial charge >= 0.3 is 0 Å². The minimum absolute atomic E-state index is 0.274. The van der Waals surface area contributed by atoms with Crippen molar-refractivity contribution in [1.29, 1.82) is 0 Å². The summed E-state index contributed by atoms with van der Waals surface area (Å²) in [5, 5.41) is 0. The Morgan fingerprint density at radius 3 is 2.80 bits per heavy atom. The molecule has 2 nitrogen and oxygen atoms in total. The van der Waals surface area contributed by atoms with Gasteiger partial charge in [-0.15, -0.1) is 0 Å². The van der Waals surface area contributed by atoms with Gasteiger partial charge in [0.05, 0.1) is 6.54 Å². The van der Waals surface area contributed by atoms with Crippen LogP contribution in [-0.4, -0.2) is 30.3 Å². The molecule has 0 spiro atoms. The van der Waals surface area contributed by atoms with E-state index in [9.17, 15) is 4.79 Å². The summed E-state index contributed by atoms with van der Waals surface area (Å²) in [5.41, 5.74) is 0. The smallest absolute Gasteiger partial charge is 0.143 e. The average Bonchev–Trinajstić information content (AvgIpc) is 2.16. The summed E-state index contributed by atoms with van der Waals surface area (Å²) in [6.45, 7) is 6.67. The molecule has 3 atom stereocenters. The predicted octanol–water partition coefficient (Wildman–Crippen LogP) is 1.89. The first-order chi connectivity index (χ1) is 7.16. The second-order valence-corrected chi connectivity index (χ2v) is 4.88. The van der Waals surface area contributed by atoms with E-state index in [1.54, 1.807) is 6.92 Å². The molecule has 1 aliphatic carbocycles. The number of hydrogen-bond donors (Lipinski definition) is 0.